The third kappa shape index (κ3) is 4.07. The SMILES string of the molecule is Cc1cc2c(C(N)=O)cccn2c1-c1nc2c(c(NCc3ccccc3)n1)CN(C)CCC2. The second-order valence-corrected chi connectivity index (χ2v) is 8.72. The molecule has 0 fully saturated rings. The fourth-order valence-electron chi connectivity index (χ4n) is 4.62. The molecule has 0 radical (unpaired) electrons. The topological polar surface area (TPSA) is 88.5 Å². The zero-order chi connectivity index (χ0) is 22.9. The van der Waals surface area contributed by atoms with E-state index >= 15 is 0 Å². The monoisotopic (exact) mass is 440 g/mol. The van der Waals surface area contributed by atoms with E-state index in [1.165, 1.54) is 5.56 Å². The summed E-state index contributed by atoms with van der Waals surface area (Å²) in [6.45, 7) is 4.55. The third-order valence-electron chi connectivity index (χ3n) is 6.26. The zero-order valence-electron chi connectivity index (χ0n) is 19.0. The Morgan fingerprint density at radius 3 is 2.76 bits per heavy atom. The average molecular weight is 441 g/mol. The molecule has 0 spiro atoms. The number of amides is 1. The van der Waals surface area contributed by atoms with E-state index in [0.717, 1.165) is 59.8 Å². The van der Waals surface area contributed by atoms with Gasteiger partial charge in [0.2, 0.25) is 0 Å². The van der Waals surface area contributed by atoms with Gasteiger partial charge in [-0.05, 0) is 62.7 Å². The van der Waals surface area contributed by atoms with Gasteiger partial charge in [-0.25, -0.2) is 9.97 Å². The largest absolute Gasteiger partial charge is 0.366 e. The Hall–Kier alpha value is -3.71. The van der Waals surface area contributed by atoms with E-state index in [9.17, 15) is 4.79 Å². The Morgan fingerprint density at radius 1 is 1.15 bits per heavy atom. The van der Waals surface area contributed by atoms with Crippen LogP contribution >= 0.6 is 0 Å². The molecule has 33 heavy (non-hydrogen) atoms. The van der Waals surface area contributed by atoms with Crippen LogP contribution in [0.4, 0.5) is 5.82 Å². The molecule has 168 valence electrons. The zero-order valence-corrected chi connectivity index (χ0v) is 19.0. The van der Waals surface area contributed by atoms with E-state index in [1.807, 2.05) is 47.9 Å². The van der Waals surface area contributed by atoms with E-state index in [2.05, 4.69) is 29.4 Å². The second kappa shape index (κ2) is 8.67. The van der Waals surface area contributed by atoms with Crippen LogP contribution in [0.1, 0.15) is 39.2 Å². The average Bonchev–Trinajstić information content (AvgIpc) is 3.02. The molecular weight excluding hydrogens is 412 g/mol. The molecule has 0 unspecified atom stereocenters. The van der Waals surface area contributed by atoms with Gasteiger partial charge in [0.05, 0.1) is 22.5 Å². The van der Waals surface area contributed by atoms with Crippen molar-refractivity contribution in [3.8, 4) is 11.5 Å². The van der Waals surface area contributed by atoms with Crippen molar-refractivity contribution in [2.75, 3.05) is 18.9 Å². The molecule has 0 atom stereocenters. The standard InChI is InChI=1S/C26H28N6O/c1-17-14-22-19(24(27)33)10-6-13-32(22)23(17)26-29-21-11-7-12-31(2)16-20(21)25(30-26)28-15-18-8-4-3-5-9-18/h3-6,8-10,13-14H,7,11-12,15-16H2,1-2H3,(H2,27,33)(H,28,29,30). The Balaban J connectivity index is 1.64. The molecule has 4 heterocycles. The molecule has 0 saturated heterocycles. The fraction of sp³-hybridized carbons (Fsp3) is 0.269. The van der Waals surface area contributed by atoms with E-state index in [1.54, 1.807) is 6.07 Å². The highest BCUT2D eigenvalue weighted by atomic mass is 16.1. The van der Waals surface area contributed by atoms with Crippen molar-refractivity contribution in [1.29, 1.82) is 0 Å². The number of rotatable bonds is 5. The Bertz CT molecular complexity index is 1330. The van der Waals surface area contributed by atoms with Crippen LogP contribution in [0.15, 0.2) is 54.7 Å². The first-order valence-corrected chi connectivity index (χ1v) is 11.3. The van der Waals surface area contributed by atoms with Crippen LogP contribution in [-0.4, -0.2) is 38.8 Å². The van der Waals surface area contributed by atoms with Crippen LogP contribution in [-0.2, 0) is 19.5 Å². The first-order chi connectivity index (χ1) is 16.0. The van der Waals surface area contributed by atoms with Gasteiger partial charge >= 0.3 is 0 Å². The van der Waals surface area contributed by atoms with Crippen LogP contribution in [0.3, 0.4) is 0 Å². The predicted molar refractivity (Wildman–Crippen MR) is 130 cm³/mol. The number of carbonyl (C=O) groups is 1. The smallest absolute Gasteiger partial charge is 0.250 e. The van der Waals surface area contributed by atoms with Crippen molar-refractivity contribution in [2.24, 2.45) is 5.73 Å². The summed E-state index contributed by atoms with van der Waals surface area (Å²) in [5.41, 5.74) is 12.2. The number of nitrogens with zero attached hydrogens (tertiary/aromatic N) is 4. The molecule has 5 rings (SSSR count). The van der Waals surface area contributed by atoms with Gasteiger partial charge in [-0.15, -0.1) is 0 Å². The van der Waals surface area contributed by atoms with Crippen molar-refractivity contribution in [1.82, 2.24) is 19.3 Å². The number of anilines is 1. The maximum absolute atomic E-state index is 12.0. The highest BCUT2D eigenvalue weighted by Crippen LogP contribution is 2.31. The van der Waals surface area contributed by atoms with Crippen molar-refractivity contribution < 1.29 is 4.79 Å². The molecule has 3 N–H and O–H groups in total. The van der Waals surface area contributed by atoms with Gasteiger partial charge in [0.15, 0.2) is 5.82 Å². The maximum Gasteiger partial charge on any atom is 0.250 e. The van der Waals surface area contributed by atoms with Crippen molar-refractivity contribution >= 4 is 17.2 Å². The summed E-state index contributed by atoms with van der Waals surface area (Å²) >= 11 is 0. The molecule has 4 aromatic rings. The number of benzene rings is 1. The lowest BCUT2D eigenvalue weighted by molar-refractivity contribution is 0.100. The molecule has 1 amide bonds. The minimum atomic E-state index is -0.444. The first-order valence-electron chi connectivity index (χ1n) is 11.3. The number of aryl methyl sites for hydroxylation is 2. The Kier molecular flexibility index (Phi) is 5.56. The van der Waals surface area contributed by atoms with Crippen molar-refractivity contribution in [3.63, 3.8) is 0 Å². The maximum atomic E-state index is 12.0. The number of nitrogens with one attached hydrogen (secondary N) is 1. The number of carbonyl (C=O) groups excluding carboxylic acids is 1. The lowest BCUT2D eigenvalue weighted by Gasteiger charge is -2.18. The molecule has 3 aromatic heterocycles. The summed E-state index contributed by atoms with van der Waals surface area (Å²) < 4.78 is 1.97. The Labute approximate surface area is 193 Å². The second-order valence-electron chi connectivity index (χ2n) is 8.72. The highest BCUT2D eigenvalue weighted by Gasteiger charge is 2.22. The number of pyridine rings is 1. The summed E-state index contributed by atoms with van der Waals surface area (Å²) in [6.07, 6.45) is 3.89. The number of primary amides is 1. The highest BCUT2D eigenvalue weighted by molar-refractivity contribution is 6.00. The normalized spacial score (nSPS) is 14.1. The van der Waals surface area contributed by atoms with E-state index in [-0.39, 0.29) is 0 Å². The summed E-state index contributed by atoms with van der Waals surface area (Å²) in [4.78, 5) is 24.3. The van der Waals surface area contributed by atoms with Gasteiger partial charge in [-0.2, -0.15) is 0 Å². The molecule has 1 aliphatic rings. The summed E-state index contributed by atoms with van der Waals surface area (Å²) in [7, 11) is 2.14. The van der Waals surface area contributed by atoms with Gasteiger partial charge in [-0.1, -0.05) is 30.3 Å². The van der Waals surface area contributed by atoms with E-state index < -0.39 is 5.91 Å². The van der Waals surface area contributed by atoms with Gasteiger partial charge in [0.1, 0.15) is 5.82 Å². The van der Waals surface area contributed by atoms with Crippen LogP contribution in [0, 0.1) is 6.92 Å². The third-order valence-corrected chi connectivity index (χ3v) is 6.26. The molecule has 1 aromatic carbocycles. The van der Waals surface area contributed by atoms with Crippen LogP contribution < -0.4 is 11.1 Å². The number of aromatic nitrogens is 3. The lowest BCUT2D eigenvalue weighted by atomic mass is 10.1. The Morgan fingerprint density at radius 2 is 1.97 bits per heavy atom. The predicted octanol–water partition coefficient (Wildman–Crippen LogP) is 3.79. The van der Waals surface area contributed by atoms with Gasteiger partial charge < -0.3 is 20.4 Å². The number of nitrogens with two attached hydrogens (primary N) is 1. The van der Waals surface area contributed by atoms with E-state index in [0.29, 0.717) is 17.9 Å². The minimum Gasteiger partial charge on any atom is -0.366 e. The fourth-order valence-corrected chi connectivity index (χ4v) is 4.62. The quantitative estimate of drug-likeness (QED) is 0.493. The van der Waals surface area contributed by atoms with Crippen LogP contribution in [0.2, 0.25) is 0 Å². The van der Waals surface area contributed by atoms with Gasteiger partial charge in [0.25, 0.3) is 5.91 Å². The minimum absolute atomic E-state index is 0.444. The molecule has 0 bridgehead atoms. The summed E-state index contributed by atoms with van der Waals surface area (Å²) in [6, 6.07) is 15.9. The van der Waals surface area contributed by atoms with E-state index in [4.69, 9.17) is 15.7 Å². The number of hydrogen-bond donors (Lipinski definition) is 2. The molecular formula is C26H28N6O. The molecule has 1 aliphatic heterocycles. The van der Waals surface area contributed by atoms with Crippen molar-refractivity contribution in [2.45, 2.75) is 32.9 Å². The van der Waals surface area contributed by atoms with Crippen LogP contribution in [0.25, 0.3) is 17.0 Å². The molecule has 7 nitrogen and oxygen atoms in total. The molecule has 7 heteroatoms. The molecule has 0 aliphatic carbocycles. The summed E-state index contributed by atoms with van der Waals surface area (Å²) in [5, 5.41) is 3.58. The number of hydrogen-bond acceptors (Lipinski definition) is 5. The van der Waals surface area contributed by atoms with Crippen LogP contribution in [0.5, 0.6) is 0 Å². The van der Waals surface area contributed by atoms with Gasteiger partial charge in [0, 0.05) is 24.8 Å². The van der Waals surface area contributed by atoms with Gasteiger partial charge in [-0.3, -0.25) is 4.79 Å². The molecule has 0 saturated carbocycles. The first kappa shape index (κ1) is 21.2. The number of fused-ring (bicyclic) bond motifs is 2. The lowest BCUT2D eigenvalue weighted by Crippen LogP contribution is -2.19. The van der Waals surface area contributed by atoms with Crippen molar-refractivity contribution in [3.05, 3.63) is 82.7 Å². The summed E-state index contributed by atoms with van der Waals surface area (Å²) in [5.74, 6) is 1.08.